The molecule has 2 heterocycles. The maximum atomic E-state index is 12.7. The second-order valence-corrected chi connectivity index (χ2v) is 5.26. The van der Waals surface area contributed by atoms with Crippen LogP contribution in [0.25, 0.3) is 10.8 Å². The van der Waals surface area contributed by atoms with E-state index in [0.29, 0.717) is 36.2 Å². The summed E-state index contributed by atoms with van der Waals surface area (Å²) in [7, 11) is 1.56. The molecular formula is C15H17N3O3. The summed E-state index contributed by atoms with van der Waals surface area (Å²) in [5, 5.41) is 5.29. The zero-order valence-corrected chi connectivity index (χ0v) is 12.1. The Morgan fingerprint density at radius 1 is 1.33 bits per heavy atom. The van der Waals surface area contributed by atoms with Crippen LogP contribution in [0.5, 0.6) is 0 Å². The summed E-state index contributed by atoms with van der Waals surface area (Å²) in [6.45, 7) is 3.54. The van der Waals surface area contributed by atoms with Gasteiger partial charge in [0.2, 0.25) is 0 Å². The van der Waals surface area contributed by atoms with Crippen LogP contribution in [0.3, 0.4) is 0 Å². The lowest BCUT2D eigenvalue weighted by Gasteiger charge is -2.31. The quantitative estimate of drug-likeness (QED) is 0.778. The Hall–Kier alpha value is -2.21. The molecule has 0 spiro atoms. The van der Waals surface area contributed by atoms with E-state index in [1.54, 1.807) is 30.1 Å². The molecule has 1 aliphatic heterocycles. The van der Waals surface area contributed by atoms with Gasteiger partial charge >= 0.3 is 0 Å². The van der Waals surface area contributed by atoms with E-state index in [1.807, 2.05) is 13.0 Å². The minimum atomic E-state index is -0.197. The fraction of sp³-hybridized carbons (Fsp3) is 0.400. The van der Waals surface area contributed by atoms with E-state index in [-0.39, 0.29) is 17.6 Å². The van der Waals surface area contributed by atoms with Crippen LogP contribution in [-0.2, 0) is 11.8 Å². The summed E-state index contributed by atoms with van der Waals surface area (Å²) in [6.07, 6.45) is 0.0153. The lowest BCUT2D eigenvalue weighted by molar-refractivity contribution is -0.0126. The third kappa shape index (κ3) is 2.42. The van der Waals surface area contributed by atoms with E-state index < -0.39 is 0 Å². The molecule has 1 saturated heterocycles. The molecule has 2 aromatic rings. The number of hydrogen-bond acceptors (Lipinski definition) is 4. The molecule has 0 radical (unpaired) electrons. The zero-order chi connectivity index (χ0) is 15.0. The number of fused-ring (bicyclic) bond motifs is 1. The van der Waals surface area contributed by atoms with Crippen LogP contribution in [0.2, 0.25) is 0 Å². The second kappa shape index (κ2) is 5.29. The van der Waals surface area contributed by atoms with Gasteiger partial charge in [-0.05, 0) is 13.0 Å². The summed E-state index contributed by atoms with van der Waals surface area (Å²) in [4.78, 5) is 26.5. The van der Waals surface area contributed by atoms with Gasteiger partial charge in [0, 0.05) is 25.5 Å². The molecule has 21 heavy (non-hydrogen) atoms. The predicted molar refractivity (Wildman–Crippen MR) is 78.3 cm³/mol. The fourth-order valence-electron chi connectivity index (χ4n) is 2.61. The Labute approximate surface area is 121 Å². The number of ether oxygens (including phenoxy) is 1. The largest absolute Gasteiger partial charge is 0.375 e. The van der Waals surface area contributed by atoms with Crippen LogP contribution in [0.4, 0.5) is 0 Å². The first-order valence-corrected chi connectivity index (χ1v) is 6.95. The third-order valence-electron chi connectivity index (χ3n) is 3.69. The Balaban J connectivity index is 2.10. The van der Waals surface area contributed by atoms with E-state index in [4.69, 9.17) is 4.74 Å². The highest BCUT2D eigenvalue weighted by Gasteiger charge is 2.25. The zero-order valence-electron chi connectivity index (χ0n) is 12.1. The average molecular weight is 287 g/mol. The molecule has 1 fully saturated rings. The summed E-state index contributed by atoms with van der Waals surface area (Å²) < 4.78 is 6.68. The first kappa shape index (κ1) is 13.8. The number of hydrogen-bond donors (Lipinski definition) is 0. The molecule has 6 nitrogen and oxygen atoms in total. The molecule has 0 N–H and O–H groups in total. The van der Waals surface area contributed by atoms with E-state index in [9.17, 15) is 9.59 Å². The maximum absolute atomic E-state index is 12.7. The molecule has 3 rings (SSSR count). The van der Waals surface area contributed by atoms with Crippen molar-refractivity contribution in [1.29, 1.82) is 0 Å². The number of benzene rings is 1. The molecule has 110 valence electrons. The van der Waals surface area contributed by atoms with Crippen LogP contribution >= 0.6 is 0 Å². The number of aromatic nitrogens is 2. The number of morpholine rings is 1. The van der Waals surface area contributed by atoms with Gasteiger partial charge in [0.25, 0.3) is 11.5 Å². The lowest BCUT2D eigenvalue weighted by Crippen LogP contribution is -2.45. The van der Waals surface area contributed by atoms with Crippen LogP contribution in [0.15, 0.2) is 29.1 Å². The summed E-state index contributed by atoms with van der Waals surface area (Å²) in [5.41, 5.74) is 0.124. The first-order valence-electron chi connectivity index (χ1n) is 6.95. The number of carbonyl (C=O) groups excluding carboxylic acids is 1. The molecular weight excluding hydrogens is 270 g/mol. The number of nitrogens with zero attached hydrogens (tertiary/aromatic N) is 3. The van der Waals surface area contributed by atoms with Crippen molar-refractivity contribution in [3.8, 4) is 0 Å². The molecule has 1 unspecified atom stereocenters. The Morgan fingerprint density at radius 2 is 2.05 bits per heavy atom. The fourth-order valence-corrected chi connectivity index (χ4v) is 2.61. The van der Waals surface area contributed by atoms with Crippen molar-refractivity contribution in [3.63, 3.8) is 0 Å². The summed E-state index contributed by atoms with van der Waals surface area (Å²) in [6, 6.07) is 7.08. The minimum absolute atomic E-state index is 0.0153. The van der Waals surface area contributed by atoms with E-state index in [2.05, 4.69) is 5.10 Å². The van der Waals surface area contributed by atoms with Gasteiger partial charge in [0.15, 0.2) is 5.69 Å². The van der Waals surface area contributed by atoms with Gasteiger partial charge < -0.3 is 9.64 Å². The molecule has 0 saturated carbocycles. The van der Waals surface area contributed by atoms with Crippen molar-refractivity contribution in [2.45, 2.75) is 13.0 Å². The van der Waals surface area contributed by atoms with Crippen molar-refractivity contribution >= 4 is 16.7 Å². The Kier molecular flexibility index (Phi) is 3.47. The first-order chi connectivity index (χ1) is 10.1. The van der Waals surface area contributed by atoms with Crippen LogP contribution in [0, 0.1) is 0 Å². The lowest BCUT2D eigenvalue weighted by atomic mass is 10.1. The van der Waals surface area contributed by atoms with Gasteiger partial charge in [-0.3, -0.25) is 9.59 Å². The smallest absolute Gasteiger partial charge is 0.275 e. The van der Waals surface area contributed by atoms with Gasteiger partial charge in [-0.2, -0.15) is 5.10 Å². The van der Waals surface area contributed by atoms with Crippen molar-refractivity contribution in [2.24, 2.45) is 7.05 Å². The second-order valence-electron chi connectivity index (χ2n) is 5.26. The number of aryl methyl sites for hydroxylation is 1. The minimum Gasteiger partial charge on any atom is -0.375 e. The number of amides is 1. The van der Waals surface area contributed by atoms with E-state index in [1.165, 1.54) is 4.68 Å². The topological polar surface area (TPSA) is 64.4 Å². The monoisotopic (exact) mass is 287 g/mol. The Morgan fingerprint density at radius 3 is 2.76 bits per heavy atom. The normalized spacial score (nSPS) is 19.0. The molecule has 6 heteroatoms. The highest BCUT2D eigenvalue weighted by atomic mass is 16.5. The van der Waals surface area contributed by atoms with Gasteiger partial charge in [-0.15, -0.1) is 0 Å². The highest BCUT2D eigenvalue weighted by Crippen LogP contribution is 2.16. The van der Waals surface area contributed by atoms with Crippen LogP contribution in [0.1, 0.15) is 17.4 Å². The van der Waals surface area contributed by atoms with E-state index >= 15 is 0 Å². The number of carbonyl (C=O) groups is 1. The van der Waals surface area contributed by atoms with Crippen LogP contribution in [-0.4, -0.2) is 46.4 Å². The van der Waals surface area contributed by atoms with Crippen molar-refractivity contribution < 1.29 is 9.53 Å². The molecule has 1 atom stereocenters. The molecule has 0 bridgehead atoms. The average Bonchev–Trinajstić information content (AvgIpc) is 2.50. The molecule has 1 aliphatic rings. The highest BCUT2D eigenvalue weighted by molar-refractivity contribution is 6.04. The molecule has 1 aromatic heterocycles. The van der Waals surface area contributed by atoms with E-state index in [0.717, 1.165) is 0 Å². The SMILES string of the molecule is CC1CN(C(=O)c2nn(C)c(=O)c3ccccc23)CCO1. The van der Waals surface area contributed by atoms with Crippen molar-refractivity contribution in [1.82, 2.24) is 14.7 Å². The van der Waals surface area contributed by atoms with Gasteiger partial charge in [0.05, 0.1) is 18.1 Å². The summed E-state index contributed by atoms with van der Waals surface area (Å²) >= 11 is 0. The summed E-state index contributed by atoms with van der Waals surface area (Å²) in [5.74, 6) is -0.156. The molecule has 1 amide bonds. The molecule has 0 aliphatic carbocycles. The Bertz CT molecular complexity index is 753. The predicted octanol–water partition coefficient (Wildman–Crippen LogP) is 0.794. The van der Waals surface area contributed by atoms with Gasteiger partial charge in [-0.25, -0.2) is 4.68 Å². The molecule has 1 aromatic carbocycles. The number of rotatable bonds is 1. The standard InChI is InChI=1S/C15H17N3O3/c1-10-9-18(7-8-21-10)15(20)13-11-5-3-4-6-12(11)14(19)17(2)16-13/h3-6,10H,7-9H2,1-2H3. The van der Waals surface area contributed by atoms with Crippen molar-refractivity contribution in [2.75, 3.05) is 19.7 Å². The van der Waals surface area contributed by atoms with Gasteiger partial charge in [-0.1, -0.05) is 18.2 Å². The maximum Gasteiger partial charge on any atom is 0.275 e. The third-order valence-corrected chi connectivity index (χ3v) is 3.69. The van der Waals surface area contributed by atoms with Gasteiger partial charge in [0.1, 0.15) is 0 Å². The van der Waals surface area contributed by atoms with Crippen molar-refractivity contribution in [3.05, 3.63) is 40.3 Å². The van der Waals surface area contributed by atoms with Crippen LogP contribution < -0.4 is 5.56 Å².